The maximum atomic E-state index is 13.6. The molecule has 0 spiro atoms. The van der Waals surface area contributed by atoms with Crippen molar-refractivity contribution in [1.29, 1.82) is 5.26 Å². The first-order chi connectivity index (χ1) is 18.8. The Hall–Kier alpha value is -3.21. The molecule has 4 aliphatic rings. The second-order valence-electron chi connectivity index (χ2n) is 12.1. The Bertz CT molecular complexity index is 1370. The van der Waals surface area contributed by atoms with Crippen LogP contribution in [0.3, 0.4) is 0 Å². The molecule has 40 heavy (non-hydrogen) atoms. The number of carbonyl (C=O) groups is 3. The monoisotopic (exact) mass is 572 g/mol. The molecule has 5 rings (SSSR count). The van der Waals surface area contributed by atoms with Gasteiger partial charge < -0.3 is 19.9 Å². The lowest BCUT2D eigenvalue weighted by atomic mass is 10.1. The smallest absolute Gasteiger partial charge is 0.408 e. The van der Waals surface area contributed by atoms with Crippen molar-refractivity contribution in [3.8, 4) is 6.07 Å². The highest BCUT2D eigenvalue weighted by molar-refractivity contribution is 7.89. The van der Waals surface area contributed by atoms with Gasteiger partial charge in [-0.15, -0.1) is 0 Å². The van der Waals surface area contributed by atoms with Gasteiger partial charge in [-0.2, -0.15) is 5.26 Å². The summed E-state index contributed by atoms with van der Waals surface area (Å²) in [6, 6.07) is 4.86. The predicted octanol–water partition coefficient (Wildman–Crippen LogP) is 1.01. The van der Waals surface area contributed by atoms with Crippen LogP contribution in [0.15, 0.2) is 23.1 Å². The van der Waals surface area contributed by atoms with Crippen LogP contribution in [0, 0.1) is 11.3 Å². The standard InChI is InChI=1S/C27H36N6O6S/c1-27(2,3)39-26(36)30-21(24(34)32-10-4-5-17(32)13-28)15-31-14-18-12-23(31)25(35)33(18)22-9-6-16-11-19(40(29,37)38)7-8-20(16)22/h7-8,11,17-18,21-23H,4-6,9-10,12,14-15H2,1-3H3,(H,30,36)(H2,29,37,38)/t17?,18-,21?,22?,23?/m0/s1. The highest BCUT2D eigenvalue weighted by Gasteiger charge is 2.53. The van der Waals surface area contributed by atoms with Gasteiger partial charge in [0.1, 0.15) is 17.7 Å². The molecule has 13 heteroatoms. The Morgan fingerprint density at radius 1 is 1.25 bits per heavy atom. The van der Waals surface area contributed by atoms with E-state index < -0.39 is 39.8 Å². The van der Waals surface area contributed by atoms with Crippen LogP contribution in [0.4, 0.5) is 4.79 Å². The zero-order valence-corrected chi connectivity index (χ0v) is 23.8. The van der Waals surface area contributed by atoms with E-state index in [0.717, 1.165) is 11.1 Å². The van der Waals surface area contributed by atoms with E-state index in [1.807, 2.05) is 9.80 Å². The SMILES string of the molecule is CC(C)(C)OC(=O)NC(CN1C[C@@H]2CC1C(=O)N2C1CCc2cc(S(N)(=O)=O)ccc21)C(=O)N1CCCC1C#N. The molecule has 1 aliphatic carbocycles. The summed E-state index contributed by atoms with van der Waals surface area (Å²) in [6.45, 7) is 6.32. The molecule has 2 bridgehead atoms. The van der Waals surface area contributed by atoms with Gasteiger partial charge in [-0.05, 0) is 76.1 Å². The van der Waals surface area contributed by atoms with Gasteiger partial charge in [0.15, 0.2) is 0 Å². The number of amides is 3. The number of alkyl carbamates (subject to hydrolysis) is 1. The highest BCUT2D eigenvalue weighted by Crippen LogP contribution is 2.44. The van der Waals surface area contributed by atoms with Gasteiger partial charge in [0.05, 0.1) is 23.0 Å². The van der Waals surface area contributed by atoms with Gasteiger partial charge in [-0.1, -0.05) is 6.07 Å². The minimum atomic E-state index is -3.81. The van der Waals surface area contributed by atoms with Crippen molar-refractivity contribution in [2.45, 2.75) is 93.6 Å². The van der Waals surface area contributed by atoms with Crippen LogP contribution in [0.2, 0.25) is 0 Å². The first-order valence-corrected chi connectivity index (χ1v) is 15.2. The van der Waals surface area contributed by atoms with E-state index in [4.69, 9.17) is 9.88 Å². The number of nitrogens with one attached hydrogen (secondary N) is 1. The molecule has 0 radical (unpaired) electrons. The Morgan fingerprint density at radius 3 is 2.65 bits per heavy atom. The number of nitrogens with zero attached hydrogens (tertiary/aromatic N) is 4. The summed E-state index contributed by atoms with van der Waals surface area (Å²) < 4.78 is 29.0. The van der Waals surface area contributed by atoms with E-state index >= 15 is 0 Å². The number of likely N-dealkylation sites (tertiary alicyclic amines) is 3. The quantitative estimate of drug-likeness (QED) is 0.510. The number of aryl methyl sites for hydroxylation is 1. The minimum absolute atomic E-state index is 0.0378. The number of piperazine rings is 1. The third-order valence-electron chi connectivity index (χ3n) is 8.23. The Morgan fingerprint density at radius 2 is 2.00 bits per heavy atom. The van der Waals surface area contributed by atoms with Gasteiger partial charge in [0.2, 0.25) is 21.8 Å². The second-order valence-corrected chi connectivity index (χ2v) is 13.6. The maximum Gasteiger partial charge on any atom is 0.408 e. The number of sulfonamides is 1. The largest absolute Gasteiger partial charge is 0.444 e. The van der Waals surface area contributed by atoms with Crippen LogP contribution in [0.5, 0.6) is 0 Å². The number of ether oxygens (including phenoxy) is 1. The van der Waals surface area contributed by atoms with Crippen molar-refractivity contribution in [3.05, 3.63) is 29.3 Å². The first kappa shape index (κ1) is 28.3. The van der Waals surface area contributed by atoms with Crippen LogP contribution in [0.25, 0.3) is 0 Å². The van der Waals surface area contributed by atoms with E-state index in [9.17, 15) is 28.1 Å². The number of fused-ring (bicyclic) bond motifs is 3. The van der Waals surface area contributed by atoms with Gasteiger partial charge in [-0.3, -0.25) is 14.5 Å². The van der Waals surface area contributed by atoms with Crippen molar-refractivity contribution in [2.24, 2.45) is 5.14 Å². The first-order valence-electron chi connectivity index (χ1n) is 13.7. The van der Waals surface area contributed by atoms with Crippen molar-refractivity contribution >= 4 is 27.9 Å². The number of hydrogen-bond acceptors (Lipinski definition) is 8. The van der Waals surface area contributed by atoms with Gasteiger partial charge >= 0.3 is 6.09 Å². The molecule has 3 fully saturated rings. The van der Waals surface area contributed by atoms with Crippen molar-refractivity contribution in [1.82, 2.24) is 20.0 Å². The Labute approximate surface area is 234 Å². The summed E-state index contributed by atoms with van der Waals surface area (Å²) in [4.78, 5) is 45.3. The fraction of sp³-hybridized carbons (Fsp3) is 0.630. The van der Waals surface area contributed by atoms with E-state index in [-0.39, 0.29) is 35.3 Å². The lowest BCUT2D eigenvalue weighted by molar-refractivity contribution is -0.141. The minimum Gasteiger partial charge on any atom is -0.444 e. The molecule has 0 aromatic heterocycles. The van der Waals surface area contributed by atoms with Crippen LogP contribution in [-0.2, 0) is 30.8 Å². The molecule has 3 amide bonds. The third kappa shape index (κ3) is 5.40. The van der Waals surface area contributed by atoms with E-state index in [1.54, 1.807) is 32.9 Å². The number of rotatable bonds is 6. The fourth-order valence-corrected chi connectivity index (χ4v) is 7.14. The normalized spacial score (nSPS) is 27.0. The molecular weight excluding hydrogens is 536 g/mol. The molecule has 4 unspecified atom stereocenters. The van der Waals surface area contributed by atoms with Crippen LogP contribution in [0.1, 0.15) is 63.6 Å². The molecule has 3 N–H and O–H groups in total. The molecule has 5 atom stereocenters. The zero-order chi connectivity index (χ0) is 29.0. The van der Waals surface area contributed by atoms with Crippen LogP contribution >= 0.6 is 0 Å². The summed E-state index contributed by atoms with van der Waals surface area (Å²) in [7, 11) is -3.81. The Kier molecular flexibility index (Phi) is 7.31. The molecule has 0 saturated carbocycles. The summed E-state index contributed by atoms with van der Waals surface area (Å²) >= 11 is 0. The second kappa shape index (κ2) is 10.3. The van der Waals surface area contributed by atoms with Gasteiger partial charge in [-0.25, -0.2) is 18.4 Å². The maximum absolute atomic E-state index is 13.6. The van der Waals surface area contributed by atoms with E-state index in [0.29, 0.717) is 45.2 Å². The average Bonchev–Trinajstić information content (AvgIpc) is 3.64. The average molecular weight is 573 g/mol. The van der Waals surface area contributed by atoms with E-state index in [2.05, 4.69) is 11.4 Å². The molecular formula is C27H36N6O6S. The lowest BCUT2D eigenvalue weighted by Gasteiger charge is -2.39. The molecule has 1 aromatic rings. The van der Waals surface area contributed by atoms with E-state index in [1.165, 1.54) is 11.0 Å². The number of hydrogen-bond donors (Lipinski definition) is 2. The van der Waals surface area contributed by atoms with Crippen LogP contribution in [-0.4, -0.2) is 90.4 Å². The van der Waals surface area contributed by atoms with Gasteiger partial charge in [0, 0.05) is 25.7 Å². The zero-order valence-electron chi connectivity index (χ0n) is 23.0. The third-order valence-corrected chi connectivity index (χ3v) is 9.14. The number of primary sulfonamides is 1. The number of nitriles is 1. The number of nitrogens with two attached hydrogens (primary N) is 1. The summed E-state index contributed by atoms with van der Waals surface area (Å²) in [6.07, 6.45) is 2.54. The van der Waals surface area contributed by atoms with Crippen molar-refractivity contribution < 1.29 is 27.5 Å². The fourth-order valence-electron chi connectivity index (χ4n) is 6.57. The predicted molar refractivity (Wildman–Crippen MR) is 143 cm³/mol. The number of benzene rings is 1. The van der Waals surface area contributed by atoms with Gasteiger partial charge in [0.25, 0.3) is 0 Å². The number of carbonyl (C=O) groups excluding carboxylic acids is 3. The lowest BCUT2D eigenvalue weighted by Crippen LogP contribution is -2.59. The molecule has 1 aromatic carbocycles. The van der Waals surface area contributed by atoms with Crippen molar-refractivity contribution in [3.63, 3.8) is 0 Å². The molecule has 3 heterocycles. The highest BCUT2D eigenvalue weighted by atomic mass is 32.2. The molecule has 3 saturated heterocycles. The molecule has 3 aliphatic heterocycles. The summed E-state index contributed by atoms with van der Waals surface area (Å²) in [5, 5.41) is 17.5. The molecule has 216 valence electrons. The van der Waals surface area contributed by atoms with Crippen LogP contribution < -0.4 is 10.5 Å². The Balaban J connectivity index is 1.31. The van der Waals surface area contributed by atoms with Crippen molar-refractivity contribution in [2.75, 3.05) is 19.6 Å². The topological polar surface area (TPSA) is 166 Å². The summed E-state index contributed by atoms with van der Waals surface area (Å²) in [5.74, 6) is -0.387. The molecule has 12 nitrogen and oxygen atoms in total. The summed E-state index contributed by atoms with van der Waals surface area (Å²) in [5.41, 5.74) is 1.07.